The summed E-state index contributed by atoms with van der Waals surface area (Å²) in [5, 5.41) is 12.1. The van der Waals surface area contributed by atoms with Crippen LogP contribution in [0, 0.1) is 0 Å². The lowest BCUT2D eigenvalue weighted by Gasteiger charge is -2.28. The number of ether oxygens (including phenoxy) is 1. The summed E-state index contributed by atoms with van der Waals surface area (Å²) in [5.74, 6) is -0.764. The number of nitrogens with zero attached hydrogens (tertiary/aromatic N) is 2. The molecule has 1 aliphatic heterocycles. The molecule has 0 atom stereocenters. The summed E-state index contributed by atoms with van der Waals surface area (Å²) in [5.41, 5.74) is 0.505. The molecular formula is C15H21N3O4. The number of carboxylic acid groups (broad SMARTS) is 1. The van der Waals surface area contributed by atoms with Gasteiger partial charge >= 0.3 is 5.97 Å². The first-order chi connectivity index (χ1) is 10.6. The van der Waals surface area contributed by atoms with E-state index < -0.39 is 5.97 Å². The van der Waals surface area contributed by atoms with Crippen LogP contribution in [0.3, 0.4) is 0 Å². The summed E-state index contributed by atoms with van der Waals surface area (Å²) < 4.78 is 5.26. The van der Waals surface area contributed by atoms with Crippen molar-refractivity contribution in [1.29, 1.82) is 0 Å². The molecule has 1 amide bonds. The zero-order chi connectivity index (χ0) is 15.9. The third-order valence-corrected chi connectivity index (χ3v) is 3.45. The Labute approximate surface area is 129 Å². The average molecular weight is 307 g/mol. The number of hydrogen-bond donors (Lipinski definition) is 2. The fraction of sp³-hybridized carbons (Fsp3) is 0.533. The van der Waals surface area contributed by atoms with Crippen molar-refractivity contribution in [3.63, 3.8) is 0 Å². The van der Waals surface area contributed by atoms with Gasteiger partial charge < -0.3 is 20.1 Å². The Morgan fingerprint density at radius 1 is 1.41 bits per heavy atom. The summed E-state index contributed by atoms with van der Waals surface area (Å²) >= 11 is 0. The lowest BCUT2D eigenvalue weighted by molar-refractivity contribution is -0.116. The van der Waals surface area contributed by atoms with E-state index in [1.54, 1.807) is 0 Å². The number of hydrogen-bond acceptors (Lipinski definition) is 5. The number of nitrogens with one attached hydrogen (secondary N) is 1. The van der Waals surface area contributed by atoms with E-state index in [-0.39, 0.29) is 11.5 Å². The van der Waals surface area contributed by atoms with E-state index in [1.807, 2.05) is 11.8 Å². The molecule has 7 heteroatoms. The number of rotatable bonds is 6. The van der Waals surface area contributed by atoms with Crippen LogP contribution in [0.1, 0.15) is 36.5 Å². The summed E-state index contributed by atoms with van der Waals surface area (Å²) in [4.78, 5) is 29.3. The predicted octanol–water partition coefficient (Wildman–Crippen LogP) is 1.75. The minimum atomic E-state index is -1.06. The molecule has 22 heavy (non-hydrogen) atoms. The van der Waals surface area contributed by atoms with E-state index in [0.29, 0.717) is 44.2 Å². The highest BCUT2D eigenvalue weighted by Crippen LogP contribution is 2.22. The number of aromatic nitrogens is 1. The van der Waals surface area contributed by atoms with E-state index in [9.17, 15) is 14.7 Å². The van der Waals surface area contributed by atoms with Crippen LogP contribution >= 0.6 is 0 Å². The van der Waals surface area contributed by atoms with Gasteiger partial charge in [0.05, 0.1) is 25.1 Å². The number of aromatic carboxylic acids is 1. The zero-order valence-corrected chi connectivity index (χ0v) is 12.7. The normalized spacial score (nSPS) is 14.7. The summed E-state index contributed by atoms with van der Waals surface area (Å²) in [6, 6.07) is 1.46. The number of carboxylic acids is 1. The molecule has 1 saturated heterocycles. The maximum absolute atomic E-state index is 11.7. The summed E-state index contributed by atoms with van der Waals surface area (Å²) in [6.07, 6.45) is 3.66. The van der Waals surface area contributed by atoms with Gasteiger partial charge in [0, 0.05) is 19.5 Å². The van der Waals surface area contributed by atoms with Gasteiger partial charge in [-0.1, -0.05) is 13.3 Å². The molecule has 0 radical (unpaired) electrons. The Hall–Kier alpha value is -2.15. The first-order valence-corrected chi connectivity index (χ1v) is 7.47. The van der Waals surface area contributed by atoms with Crippen molar-refractivity contribution in [2.24, 2.45) is 0 Å². The molecule has 0 unspecified atom stereocenters. The summed E-state index contributed by atoms with van der Waals surface area (Å²) in [7, 11) is 0. The Morgan fingerprint density at radius 2 is 2.14 bits per heavy atom. The zero-order valence-electron chi connectivity index (χ0n) is 12.7. The topological polar surface area (TPSA) is 91.8 Å². The van der Waals surface area contributed by atoms with Crippen molar-refractivity contribution >= 4 is 23.4 Å². The Balaban J connectivity index is 2.16. The van der Waals surface area contributed by atoms with Crippen molar-refractivity contribution in [2.45, 2.75) is 26.2 Å². The van der Waals surface area contributed by atoms with E-state index in [2.05, 4.69) is 10.3 Å². The molecule has 1 aromatic rings. The first kappa shape index (κ1) is 16.2. The molecule has 2 heterocycles. The van der Waals surface area contributed by atoms with Gasteiger partial charge in [0.15, 0.2) is 0 Å². The molecule has 2 N–H and O–H groups in total. The van der Waals surface area contributed by atoms with Crippen LogP contribution in [0.5, 0.6) is 0 Å². The molecule has 7 nitrogen and oxygen atoms in total. The SMILES string of the molecule is CCCCC(=O)Nc1cnc(N2CCOCC2)c(C(=O)O)c1. The molecule has 2 rings (SSSR count). The molecule has 0 aromatic carbocycles. The van der Waals surface area contributed by atoms with Crippen LogP contribution < -0.4 is 10.2 Å². The second-order valence-electron chi connectivity index (χ2n) is 5.15. The minimum absolute atomic E-state index is 0.0928. The minimum Gasteiger partial charge on any atom is -0.478 e. The number of carbonyl (C=O) groups excluding carboxylic acids is 1. The van der Waals surface area contributed by atoms with Crippen LogP contribution in [0.4, 0.5) is 11.5 Å². The van der Waals surface area contributed by atoms with Gasteiger partial charge in [-0.05, 0) is 12.5 Å². The third kappa shape index (κ3) is 4.17. The van der Waals surface area contributed by atoms with Crippen molar-refractivity contribution in [2.75, 3.05) is 36.5 Å². The molecule has 0 saturated carbocycles. The fourth-order valence-electron chi connectivity index (χ4n) is 2.27. The van der Waals surface area contributed by atoms with E-state index >= 15 is 0 Å². The molecular weight excluding hydrogens is 286 g/mol. The standard InChI is InChI=1S/C15H21N3O4/c1-2-3-4-13(19)17-11-9-12(15(20)21)14(16-10-11)18-5-7-22-8-6-18/h9-10H,2-8H2,1H3,(H,17,19)(H,20,21). The van der Waals surface area contributed by atoms with Gasteiger partial charge in [0.25, 0.3) is 0 Å². The van der Waals surface area contributed by atoms with Crippen LogP contribution in [-0.4, -0.2) is 48.3 Å². The molecule has 1 fully saturated rings. The maximum atomic E-state index is 11.7. The van der Waals surface area contributed by atoms with Crippen molar-refractivity contribution in [1.82, 2.24) is 4.98 Å². The number of anilines is 2. The van der Waals surface area contributed by atoms with Crippen LogP contribution in [0.15, 0.2) is 12.3 Å². The van der Waals surface area contributed by atoms with E-state index in [1.165, 1.54) is 12.3 Å². The van der Waals surface area contributed by atoms with Crippen molar-refractivity contribution < 1.29 is 19.4 Å². The van der Waals surface area contributed by atoms with Crippen LogP contribution in [-0.2, 0) is 9.53 Å². The second-order valence-corrected chi connectivity index (χ2v) is 5.15. The first-order valence-electron chi connectivity index (χ1n) is 7.47. The van der Waals surface area contributed by atoms with Crippen LogP contribution in [0.25, 0.3) is 0 Å². The van der Waals surface area contributed by atoms with Crippen molar-refractivity contribution in [3.8, 4) is 0 Å². The second kappa shape index (κ2) is 7.74. The highest BCUT2D eigenvalue weighted by Gasteiger charge is 2.20. The van der Waals surface area contributed by atoms with Gasteiger partial charge in [-0.25, -0.2) is 9.78 Å². The largest absolute Gasteiger partial charge is 0.478 e. The van der Waals surface area contributed by atoms with Crippen LogP contribution in [0.2, 0.25) is 0 Å². The average Bonchev–Trinajstić information content (AvgIpc) is 2.53. The number of amides is 1. The number of unbranched alkanes of at least 4 members (excludes halogenated alkanes) is 1. The highest BCUT2D eigenvalue weighted by molar-refractivity contribution is 5.97. The molecule has 0 spiro atoms. The Bertz CT molecular complexity index is 542. The Morgan fingerprint density at radius 3 is 2.77 bits per heavy atom. The van der Waals surface area contributed by atoms with Gasteiger partial charge in [-0.2, -0.15) is 0 Å². The number of carbonyl (C=O) groups is 2. The van der Waals surface area contributed by atoms with E-state index in [0.717, 1.165) is 12.8 Å². The lowest BCUT2D eigenvalue weighted by Crippen LogP contribution is -2.37. The van der Waals surface area contributed by atoms with Crippen molar-refractivity contribution in [3.05, 3.63) is 17.8 Å². The molecule has 1 aromatic heterocycles. The molecule has 0 aliphatic carbocycles. The Kier molecular flexibility index (Phi) is 5.71. The van der Waals surface area contributed by atoms with E-state index in [4.69, 9.17) is 4.74 Å². The number of morpholine rings is 1. The molecule has 120 valence electrons. The quantitative estimate of drug-likeness (QED) is 0.832. The van der Waals surface area contributed by atoms with Gasteiger partial charge in [-0.15, -0.1) is 0 Å². The summed E-state index contributed by atoms with van der Waals surface area (Å²) in [6.45, 7) is 4.33. The predicted molar refractivity (Wildman–Crippen MR) is 82.4 cm³/mol. The van der Waals surface area contributed by atoms with Gasteiger partial charge in [-0.3, -0.25) is 4.79 Å². The van der Waals surface area contributed by atoms with Gasteiger partial charge in [0.1, 0.15) is 11.4 Å². The number of pyridine rings is 1. The molecule has 0 bridgehead atoms. The monoisotopic (exact) mass is 307 g/mol. The maximum Gasteiger partial charge on any atom is 0.339 e. The van der Waals surface area contributed by atoms with Gasteiger partial charge in [0.2, 0.25) is 5.91 Å². The highest BCUT2D eigenvalue weighted by atomic mass is 16.5. The fourth-order valence-corrected chi connectivity index (χ4v) is 2.27. The third-order valence-electron chi connectivity index (χ3n) is 3.45. The molecule has 1 aliphatic rings. The lowest BCUT2D eigenvalue weighted by atomic mass is 10.2. The smallest absolute Gasteiger partial charge is 0.339 e.